The number of nitrogens with zero attached hydrogens (tertiary/aromatic N) is 3. The minimum atomic E-state index is -0.736. The molecule has 21 heavy (non-hydrogen) atoms. The van der Waals surface area contributed by atoms with Gasteiger partial charge in [0.2, 0.25) is 0 Å². The Labute approximate surface area is 131 Å². The molecule has 0 N–H and O–H groups in total. The lowest BCUT2D eigenvalue weighted by molar-refractivity contribution is -0.387. The normalized spacial score (nSPS) is 10.4. The summed E-state index contributed by atoms with van der Waals surface area (Å²) in [4.78, 5) is 22.2. The van der Waals surface area contributed by atoms with E-state index in [1.54, 1.807) is 19.1 Å². The average Bonchev–Trinajstić information content (AvgIpc) is 2.87. The Kier molecular flexibility index (Phi) is 4.91. The highest BCUT2D eigenvalue weighted by molar-refractivity contribution is 9.10. The Morgan fingerprint density at radius 2 is 2.29 bits per heavy atom. The molecule has 0 bridgehead atoms. The second kappa shape index (κ2) is 6.68. The lowest BCUT2D eigenvalue weighted by Crippen LogP contribution is -2.04. The van der Waals surface area contributed by atoms with Crippen LogP contribution in [0.3, 0.4) is 0 Å². The van der Waals surface area contributed by atoms with Crippen LogP contribution in [-0.2, 0) is 4.74 Å². The van der Waals surface area contributed by atoms with Crippen LogP contribution >= 0.6 is 27.7 Å². The fourth-order valence-corrected chi connectivity index (χ4v) is 2.68. The van der Waals surface area contributed by atoms with Gasteiger partial charge in [-0.3, -0.25) is 10.1 Å². The van der Waals surface area contributed by atoms with E-state index in [9.17, 15) is 14.9 Å². The molecule has 2 rings (SSSR count). The van der Waals surface area contributed by atoms with Gasteiger partial charge in [-0.15, -0.1) is 5.10 Å². The fourth-order valence-electron chi connectivity index (χ4n) is 1.34. The van der Waals surface area contributed by atoms with Gasteiger partial charge in [-0.25, -0.2) is 4.79 Å². The first-order valence-corrected chi connectivity index (χ1v) is 7.24. The zero-order chi connectivity index (χ0) is 15.4. The van der Waals surface area contributed by atoms with Gasteiger partial charge in [0, 0.05) is 10.5 Å². The Hall–Kier alpha value is -1.94. The van der Waals surface area contributed by atoms with Crippen molar-refractivity contribution in [1.29, 1.82) is 0 Å². The molecule has 0 aliphatic rings. The lowest BCUT2D eigenvalue weighted by Gasteiger charge is -2.00. The number of carbonyl (C=O) groups is 1. The number of ether oxygens (including phenoxy) is 1. The standard InChI is InChI=1S/C11H8BrN3O5S/c1-2-19-10(16)9-13-14-11(20-9)21-8-5-6(12)3-4-7(8)15(17)18/h3-5H,2H2,1H3. The van der Waals surface area contributed by atoms with Crippen molar-refractivity contribution in [2.45, 2.75) is 17.0 Å². The third-order valence-electron chi connectivity index (χ3n) is 2.17. The first-order valence-electron chi connectivity index (χ1n) is 5.63. The Morgan fingerprint density at radius 1 is 1.52 bits per heavy atom. The van der Waals surface area contributed by atoms with Gasteiger partial charge in [0.05, 0.1) is 16.4 Å². The summed E-state index contributed by atoms with van der Waals surface area (Å²) in [7, 11) is 0. The molecule has 0 saturated carbocycles. The second-order valence-corrected chi connectivity index (χ2v) is 5.47. The molecule has 10 heteroatoms. The summed E-state index contributed by atoms with van der Waals surface area (Å²) in [5.41, 5.74) is -0.0981. The van der Waals surface area contributed by atoms with Gasteiger partial charge in [-0.05, 0) is 30.8 Å². The van der Waals surface area contributed by atoms with E-state index < -0.39 is 10.9 Å². The van der Waals surface area contributed by atoms with Crippen molar-refractivity contribution >= 4 is 39.3 Å². The van der Waals surface area contributed by atoms with E-state index in [1.165, 1.54) is 6.07 Å². The van der Waals surface area contributed by atoms with E-state index in [-0.39, 0.29) is 23.4 Å². The van der Waals surface area contributed by atoms with Crippen molar-refractivity contribution in [3.63, 3.8) is 0 Å². The highest BCUT2D eigenvalue weighted by Gasteiger charge is 2.20. The smallest absolute Gasteiger partial charge is 0.396 e. The number of hydrogen-bond acceptors (Lipinski definition) is 8. The van der Waals surface area contributed by atoms with E-state index >= 15 is 0 Å². The molecule has 1 aromatic carbocycles. The Bertz CT molecular complexity index is 690. The maximum absolute atomic E-state index is 11.4. The minimum Gasteiger partial charge on any atom is -0.459 e. The van der Waals surface area contributed by atoms with Crippen LogP contribution < -0.4 is 0 Å². The van der Waals surface area contributed by atoms with Crippen LogP contribution in [0.25, 0.3) is 0 Å². The van der Waals surface area contributed by atoms with Crippen molar-refractivity contribution < 1.29 is 18.9 Å². The van der Waals surface area contributed by atoms with Gasteiger partial charge in [0.15, 0.2) is 0 Å². The third kappa shape index (κ3) is 3.79. The molecule has 0 atom stereocenters. The van der Waals surface area contributed by atoms with Crippen LogP contribution in [0, 0.1) is 10.1 Å². The molecule has 110 valence electrons. The number of halogens is 1. The van der Waals surface area contributed by atoms with E-state index in [0.29, 0.717) is 9.37 Å². The molecular weight excluding hydrogens is 366 g/mol. The van der Waals surface area contributed by atoms with Crippen molar-refractivity contribution in [3.8, 4) is 0 Å². The van der Waals surface area contributed by atoms with Crippen LogP contribution in [0.4, 0.5) is 5.69 Å². The quantitative estimate of drug-likeness (QED) is 0.446. The molecule has 0 amide bonds. The van der Waals surface area contributed by atoms with E-state index in [2.05, 4.69) is 26.1 Å². The van der Waals surface area contributed by atoms with Crippen molar-refractivity contribution in [3.05, 3.63) is 38.7 Å². The maximum atomic E-state index is 11.4. The number of benzene rings is 1. The summed E-state index contributed by atoms with van der Waals surface area (Å²) in [5.74, 6) is -1.03. The largest absolute Gasteiger partial charge is 0.459 e. The Morgan fingerprint density at radius 3 is 2.95 bits per heavy atom. The second-order valence-electron chi connectivity index (χ2n) is 3.56. The zero-order valence-corrected chi connectivity index (χ0v) is 13.0. The van der Waals surface area contributed by atoms with E-state index in [1.807, 2.05) is 0 Å². The molecule has 0 saturated heterocycles. The van der Waals surface area contributed by atoms with Gasteiger partial charge in [-0.1, -0.05) is 21.0 Å². The number of hydrogen-bond donors (Lipinski definition) is 0. The average molecular weight is 374 g/mol. The van der Waals surface area contributed by atoms with Crippen LogP contribution in [0.15, 0.2) is 37.2 Å². The number of esters is 1. The monoisotopic (exact) mass is 373 g/mol. The molecule has 2 aromatic rings. The Balaban J connectivity index is 2.24. The predicted octanol–water partition coefficient (Wildman–Crippen LogP) is 3.07. The van der Waals surface area contributed by atoms with Crippen LogP contribution in [0.5, 0.6) is 0 Å². The number of carbonyl (C=O) groups excluding carboxylic acids is 1. The topological polar surface area (TPSA) is 108 Å². The number of aromatic nitrogens is 2. The molecule has 8 nitrogen and oxygen atoms in total. The molecule has 0 aliphatic heterocycles. The first-order chi connectivity index (χ1) is 10.0. The number of rotatable bonds is 5. The fraction of sp³-hybridized carbons (Fsp3) is 0.182. The van der Waals surface area contributed by atoms with Gasteiger partial charge >= 0.3 is 11.9 Å². The summed E-state index contributed by atoms with van der Waals surface area (Å²) in [6.07, 6.45) is 0. The maximum Gasteiger partial charge on any atom is 0.396 e. The summed E-state index contributed by atoms with van der Waals surface area (Å²) < 4.78 is 10.5. The highest BCUT2D eigenvalue weighted by atomic mass is 79.9. The molecular formula is C11H8BrN3O5S. The first kappa shape index (κ1) is 15.4. The zero-order valence-electron chi connectivity index (χ0n) is 10.6. The van der Waals surface area contributed by atoms with Gasteiger partial charge in [0.1, 0.15) is 0 Å². The van der Waals surface area contributed by atoms with Gasteiger partial charge < -0.3 is 9.15 Å². The van der Waals surface area contributed by atoms with Crippen molar-refractivity contribution in [1.82, 2.24) is 10.2 Å². The van der Waals surface area contributed by atoms with Gasteiger partial charge in [0.25, 0.3) is 10.9 Å². The van der Waals surface area contributed by atoms with Crippen LogP contribution in [-0.4, -0.2) is 27.7 Å². The number of nitro benzene ring substituents is 1. The minimum absolute atomic E-state index is 0.0132. The van der Waals surface area contributed by atoms with Crippen LogP contribution in [0.2, 0.25) is 0 Å². The summed E-state index contributed by atoms with van der Waals surface area (Å²) in [6, 6.07) is 4.46. The summed E-state index contributed by atoms with van der Waals surface area (Å²) in [6.45, 7) is 1.83. The molecule has 0 unspecified atom stereocenters. The molecule has 0 spiro atoms. The predicted molar refractivity (Wildman–Crippen MR) is 75.2 cm³/mol. The lowest BCUT2D eigenvalue weighted by atomic mass is 10.3. The summed E-state index contributed by atoms with van der Waals surface area (Å²) >= 11 is 4.12. The van der Waals surface area contributed by atoms with Crippen molar-refractivity contribution in [2.75, 3.05) is 6.61 Å². The summed E-state index contributed by atoms with van der Waals surface area (Å²) in [5, 5.41) is 18.2. The molecule has 1 aromatic heterocycles. The third-order valence-corrected chi connectivity index (χ3v) is 3.55. The molecule has 0 aliphatic carbocycles. The SMILES string of the molecule is CCOC(=O)c1nnc(Sc2cc(Br)ccc2[N+](=O)[O-])o1. The van der Waals surface area contributed by atoms with Crippen LogP contribution in [0.1, 0.15) is 17.6 Å². The van der Waals surface area contributed by atoms with Gasteiger partial charge in [-0.2, -0.15) is 0 Å². The molecule has 1 heterocycles. The molecule has 0 radical (unpaired) electrons. The number of nitro groups is 1. The molecule has 0 fully saturated rings. The van der Waals surface area contributed by atoms with E-state index in [0.717, 1.165) is 11.8 Å². The van der Waals surface area contributed by atoms with E-state index in [4.69, 9.17) is 9.15 Å². The van der Waals surface area contributed by atoms with Crippen molar-refractivity contribution in [2.24, 2.45) is 0 Å². The highest BCUT2D eigenvalue weighted by Crippen LogP contribution is 2.35.